The second kappa shape index (κ2) is 1.57. The first-order chi connectivity index (χ1) is 5.20. The zero-order chi connectivity index (χ0) is 8.01. The molecule has 6 N–H and O–H groups in total. The van der Waals surface area contributed by atoms with Gasteiger partial charge in [0.05, 0.1) is 6.20 Å². The van der Waals surface area contributed by atoms with E-state index in [4.69, 9.17) is 17.3 Å². The van der Waals surface area contributed by atoms with E-state index in [1.54, 1.807) is 0 Å². The Morgan fingerprint density at radius 2 is 2.09 bits per heavy atom. The first-order valence-electron chi connectivity index (χ1n) is 2.92. The van der Waals surface area contributed by atoms with Crippen LogP contribution in [-0.2, 0) is 0 Å². The van der Waals surface area contributed by atoms with Crippen molar-refractivity contribution in [2.45, 2.75) is 0 Å². The lowest BCUT2D eigenvalue weighted by Crippen LogP contribution is -2.18. The molecule has 2 aromatic heterocycles. The van der Waals surface area contributed by atoms with Gasteiger partial charge in [-0.15, -0.1) is 0 Å². The van der Waals surface area contributed by atoms with Crippen LogP contribution < -0.4 is 17.3 Å². The van der Waals surface area contributed by atoms with Crippen molar-refractivity contribution in [1.82, 2.24) is 19.3 Å². The van der Waals surface area contributed by atoms with Gasteiger partial charge in [-0.25, -0.2) is 4.98 Å². The van der Waals surface area contributed by atoms with Crippen molar-refractivity contribution in [3.8, 4) is 0 Å². The van der Waals surface area contributed by atoms with E-state index < -0.39 is 0 Å². The van der Waals surface area contributed by atoms with Gasteiger partial charge in [0, 0.05) is 0 Å². The average molecular weight is 153 g/mol. The van der Waals surface area contributed by atoms with E-state index in [0.29, 0.717) is 11.6 Å². The Labute approximate surface area is 61.4 Å². The van der Waals surface area contributed by atoms with Crippen LogP contribution in [0.5, 0.6) is 0 Å². The molecule has 0 atom stereocenters. The molecule has 7 nitrogen and oxygen atoms in total. The number of nitrogens with zero attached hydrogens (tertiary/aromatic N) is 4. The maximum absolute atomic E-state index is 5.49. The molecular weight excluding hydrogens is 146 g/mol. The summed E-state index contributed by atoms with van der Waals surface area (Å²) < 4.78 is 1.41. The Hall–Kier alpha value is -1.92. The largest absolute Gasteiger partial charge is 0.382 e. The van der Waals surface area contributed by atoms with Gasteiger partial charge in [0.2, 0.25) is 5.95 Å². The van der Waals surface area contributed by atoms with Crippen LogP contribution in [0.2, 0.25) is 0 Å². The van der Waals surface area contributed by atoms with Gasteiger partial charge in [-0.05, 0) is 0 Å². The van der Waals surface area contributed by atoms with Crippen molar-refractivity contribution < 1.29 is 0 Å². The van der Waals surface area contributed by atoms with Gasteiger partial charge in [0.15, 0.2) is 0 Å². The van der Waals surface area contributed by atoms with Crippen molar-refractivity contribution in [1.29, 1.82) is 0 Å². The molecular formula is C4H7N7. The lowest BCUT2D eigenvalue weighted by atomic mass is 10.8. The molecule has 0 spiro atoms. The number of hydrogen-bond acceptors (Lipinski definition) is 5. The molecule has 0 bridgehead atoms. The van der Waals surface area contributed by atoms with Crippen molar-refractivity contribution in [3.05, 3.63) is 6.20 Å². The summed E-state index contributed by atoms with van der Waals surface area (Å²) in [6, 6.07) is 0. The van der Waals surface area contributed by atoms with E-state index in [9.17, 15) is 0 Å². The van der Waals surface area contributed by atoms with Crippen molar-refractivity contribution >= 4 is 17.5 Å². The molecule has 2 aromatic rings. The molecule has 11 heavy (non-hydrogen) atoms. The molecule has 2 rings (SSSR count). The highest BCUT2D eigenvalue weighted by Crippen LogP contribution is 2.07. The van der Waals surface area contributed by atoms with E-state index in [1.165, 1.54) is 10.7 Å². The smallest absolute Gasteiger partial charge is 0.255 e. The fourth-order valence-electron chi connectivity index (χ4n) is 0.902. The van der Waals surface area contributed by atoms with Gasteiger partial charge in [0.25, 0.3) is 5.78 Å². The summed E-state index contributed by atoms with van der Waals surface area (Å²) in [5, 5.41) is 0. The Balaban J connectivity index is 2.95. The normalized spacial score (nSPS) is 10.9. The number of imidazole rings is 1. The van der Waals surface area contributed by atoms with E-state index in [0.717, 1.165) is 4.79 Å². The van der Waals surface area contributed by atoms with Gasteiger partial charge in [-0.1, -0.05) is 0 Å². The summed E-state index contributed by atoms with van der Waals surface area (Å²) in [5.41, 5.74) is 10.9. The van der Waals surface area contributed by atoms with E-state index in [1.807, 2.05) is 0 Å². The molecule has 2 heterocycles. The van der Waals surface area contributed by atoms with Crippen molar-refractivity contribution in [2.75, 3.05) is 17.3 Å². The lowest BCUT2D eigenvalue weighted by Gasteiger charge is -1.96. The van der Waals surface area contributed by atoms with Crippen LogP contribution >= 0.6 is 0 Å². The summed E-state index contributed by atoms with van der Waals surface area (Å²) in [6.45, 7) is 0. The third-order valence-electron chi connectivity index (χ3n) is 1.41. The molecule has 0 saturated heterocycles. The summed E-state index contributed by atoms with van der Waals surface area (Å²) in [4.78, 5) is 8.80. The lowest BCUT2D eigenvalue weighted by molar-refractivity contribution is 0.780. The van der Waals surface area contributed by atoms with E-state index in [2.05, 4.69) is 9.97 Å². The average Bonchev–Trinajstić information content (AvgIpc) is 2.41. The Kier molecular flexibility index (Phi) is 0.831. The molecule has 0 aromatic carbocycles. The van der Waals surface area contributed by atoms with Crippen LogP contribution in [0.4, 0.5) is 11.8 Å². The van der Waals surface area contributed by atoms with Gasteiger partial charge in [-0.3, -0.25) is 0 Å². The quantitative estimate of drug-likeness (QED) is 0.395. The van der Waals surface area contributed by atoms with Crippen LogP contribution in [0.25, 0.3) is 5.78 Å². The Bertz CT molecular complexity index is 396. The highest BCUT2D eigenvalue weighted by atomic mass is 15.6. The SMILES string of the molecule is Nc1nc2ncc(N)n2n1N. The number of anilines is 2. The summed E-state index contributed by atoms with van der Waals surface area (Å²) >= 11 is 0. The summed E-state index contributed by atoms with van der Waals surface area (Å²) in [6.07, 6.45) is 1.46. The third-order valence-corrected chi connectivity index (χ3v) is 1.41. The van der Waals surface area contributed by atoms with Crippen LogP contribution in [0.1, 0.15) is 0 Å². The molecule has 0 aliphatic carbocycles. The number of rotatable bonds is 0. The Morgan fingerprint density at radius 1 is 1.36 bits per heavy atom. The molecule has 7 heteroatoms. The van der Waals surface area contributed by atoms with E-state index >= 15 is 0 Å². The van der Waals surface area contributed by atoms with Crippen molar-refractivity contribution in [2.24, 2.45) is 0 Å². The number of hydrogen-bond donors (Lipinski definition) is 3. The molecule has 0 fully saturated rings. The number of nitrogens with two attached hydrogens (primary N) is 3. The monoisotopic (exact) mass is 153 g/mol. The number of nitrogen functional groups attached to an aromatic ring is 3. The summed E-state index contributed by atoms with van der Waals surface area (Å²) in [5.74, 6) is 6.45. The molecule has 0 aliphatic rings. The first kappa shape index (κ1) is 5.83. The third kappa shape index (κ3) is 0.561. The topological polar surface area (TPSA) is 113 Å². The minimum Gasteiger partial charge on any atom is -0.382 e. The van der Waals surface area contributed by atoms with Crippen molar-refractivity contribution in [3.63, 3.8) is 0 Å². The van der Waals surface area contributed by atoms with Crippen LogP contribution in [-0.4, -0.2) is 19.3 Å². The molecule has 0 aliphatic heterocycles. The highest BCUT2D eigenvalue weighted by Gasteiger charge is 2.07. The maximum Gasteiger partial charge on any atom is 0.255 e. The van der Waals surface area contributed by atoms with Gasteiger partial charge >= 0.3 is 0 Å². The van der Waals surface area contributed by atoms with E-state index in [-0.39, 0.29) is 5.95 Å². The van der Waals surface area contributed by atoms with Gasteiger partial charge < -0.3 is 17.3 Å². The molecule has 58 valence electrons. The molecule has 0 amide bonds. The van der Waals surface area contributed by atoms with Gasteiger partial charge in [0.1, 0.15) is 5.82 Å². The van der Waals surface area contributed by atoms with Crippen LogP contribution in [0.3, 0.4) is 0 Å². The predicted octanol–water partition coefficient (Wildman–Crippen LogP) is -1.59. The predicted molar refractivity (Wildman–Crippen MR) is 40.0 cm³/mol. The standard InChI is InChI=1S/C4H7N7/c5-2-1-8-4-9-3(6)11(7)10(2)4/h1H,5,7H2,(H2,6,8,9). The number of aromatic nitrogens is 4. The second-order valence-electron chi connectivity index (χ2n) is 2.11. The summed E-state index contributed by atoms with van der Waals surface area (Å²) in [7, 11) is 0. The van der Waals surface area contributed by atoms with Crippen LogP contribution in [0, 0.1) is 0 Å². The molecule has 0 saturated carbocycles. The minimum absolute atomic E-state index is 0.180. The fraction of sp³-hybridized carbons (Fsp3) is 0. The first-order valence-corrected chi connectivity index (χ1v) is 2.92. The molecule has 0 unspecified atom stereocenters. The molecule has 0 radical (unpaired) electrons. The van der Waals surface area contributed by atoms with Gasteiger partial charge in [-0.2, -0.15) is 14.3 Å². The zero-order valence-electron chi connectivity index (χ0n) is 5.60. The maximum atomic E-state index is 5.49. The highest BCUT2D eigenvalue weighted by molar-refractivity contribution is 5.44. The second-order valence-corrected chi connectivity index (χ2v) is 2.11. The Morgan fingerprint density at radius 3 is 2.73 bits per heavy atom. The fourth-order valence-corrected chi connectivity index (χ4v) is 0.902. The van der Waals surface area contributed by atoms with Crippen LogP contribution in [0.15, 0.2) is 6.20 Å². The number of fused-ring (bicyclic) bond motifs is 1. The minimum atomic E-state index is 0.180. The zero-order valence-corrected chi connectivity index (χ0v) is 5.60.